The van der Waals surface area contributed by atoms with Gasteiger partial charge in [0.1, 0.15) is 18.3 Å². The third-order valence-corrected chi connectivity index (χ3v) is 2.11. The van der Waals surface area contributed by atoms with Crippen molar-refractivity contribution in [3.05, 3.63) is 0 Å². The van der Waals surface area contributed by atoms with Gasteiger partial charge in [0, 0.05) is 0 Å². The number of aliphatic hydroxyl groups is 5. The molecule has 5 atom stereocenters. The Kier molecular flexibility index (Phi) is 9.86. The first-order valence-electron chi connectivity index (χ1n) is 4.20. The van der Waals surface area contributed by atoms with E-state index < -0.39 is 44.8 Å². The molecule has 0 aromatic rings. The fourth-order valence-electron chi connectivity index (χ4n) is 0.829. The fourth-order valence-corrected chi connectivity index (χ4v) is 1.16. The van der Waals surface area contributed by atoms with Crippen molar-refractivity contribution < 1.29 is 78.8 Å². The van der Waals surface area contributed by atoms with E-state index in [-0.39, 0.29) is 29.6 Å². The van der Waals surface area contributed by atoms with Crippen molar-refractivity contribution in [2.24, 2.45) is 0 Å². The van der Waals surface area contributed by atoms with Gasteiger partial charge in [-0.15, -0.1) is 0 Å². The number of carbonyl (C=O) groups is 1. The van der Waals surface area contributed by atoms with Gasteiger partial charge in [-0.25, -0.2) is 4.79 Å². The topological polar surface area (TPSA) is 188 Å². The third-order valence-electron chi connectivity index (χ3n) is 1.70. The van der Waals surface area contributed by atoms with Gasteiger partial charge < -0.3 is 39.8 Å². The van der Waals surface area contributed by atoms with E-state index in [9.17, 15) is 14.3 Å². The van der Waals surface area contributed by atoms with Gasteiger partial charge in [0.25, 0.3) is 0 Å². The van der Waals surface area contributed by atoms with Crippen molar-refractivity contribution in [2.75, 3.05) is 6.61 Å². The zero-order valence-electron chi connectivity index (χ0n) is 9.28. The van der Waals surface area contributed by atoms with E-state index in [1.807, 2.05) is 0 Å². The molecular formula is C6H12NaO10P. The Labute approximate surface area is 123 Å². The van der Waals surface area contributed by atoms with Gasteiger partial charge in [-0.2, -0.15) is 0 Å². The molecule has 0 heterocycles. The number of hydrogen-bond donors (Lipinski definition) is 6. The fraction of sp³-hybridized carbons (Fsp3) is 0.833. The molecule has 18 heavy (non-hydrogen) atoms. The van der Waals surface area contributed by atoms with Gasteiger partial charge in [0.05, 0.1) is 6.61 Å². The van der Waals surface area contributed by atoms with Gasteiger partial charge in [-0.05, 0) is 0 Å². The Morgan fingerprint density at radius 3 is 2.00 bits per heavy atom. The third kappa shape index (κ3) is 7.12. The summed E-state index contributed by atoms with van der Waals surface area (Å²) in [4.78, 5) is 29.0. The number of hydrogen-bond acceptors (Lipinski definition) is 9. The van der Waals surface area contributed by atoms with Crippen molar-refractivity contribution >= 4 is 13.8 Å². The van der Waals surface area contributed by atoms with Crippen molar-refractivity contribution in [2.45, 2.75) is 24.4 Å². The second-order valence-electron chi connectivity index (χ2n) is 3.05. The summed E-state index contributed by atoms with van der Waals surface area (Å²) in [5, 5.41) is 44.5. The summed E-state index contributed by atoms with van der Waals surface area (Å²) in [6, 6.07) is 0. The largest absolute Gasteiger partial charge is 1.00 e. The molecule has 10 nitrogen and oxygen atoms in total. The second kappa shape index (κ2) is 8.56. The van der Waals surface area contributed by atoms with Crippen molar-refractivity contribution in [3.63, 3.8) is 0 Å². The van der Waals surface area contributed by atoms with Crippen LogP contribution in [0.4, 0.5) is 0 Å². The minimum Gasteiger partial charge on any atom is -0.746 e. The van der Waals surface area contributed by atoms with E-state index in [0.29, 0.717) is 0 Å². The minimum atomic E-state index is -5.44. The summed E-state index contributed by atoms with van der Waals surface area (Å²) in [6.45, 7) is -0.972. The van der Waals surface area contributed by atoms with Gasteiger partial charge in [-0.1, -0.05) is 0 Å². The van der Waals surface area contributed by atoms with Crippen LogP contribution in [0.3, 0.4) is 0 Å². The van der Waals surface area contributed by atoms with Crippen LogP contribution in [-0.2, 0) is 13.9 Å². The van der Waals surface area contributed by atoms with E-state index >= 15 is 0 Å². The van der Waals surface area contributed by atoms with E-state index in [1.165, 1.54) is 0 Å². The van der Waals surface area contributed by atoms with Crippen LogP contribution in [0.5, 0.6) is 0 Å². The number of phosphoric ester groups is 1. The Bertz CT molecular complexity index is 305. The predicted molar refractivity (Wildman–Crippen MR) is 47.0 cm³/mol. The number of phosphoric acid groups is 1. The quantitative estimate of drug-likeness (QED) is 0.203. The predicted octanol–water partition coefficient (Wildman–Crippen LogP) is -7.57. The average molecular weight is 298 g/mol. The van der Waals surface area contributed by atoms with Gasteiger partial charge >= 0.3 is 43.3 Å². The van der Waals surface area contributed by atoms with Gasteiger partial charge in [-0.3, -0.25) is 4.57 Å². The molecule has 0 radical (unpaired) electrons. The molecule has 12 heteroatoms. The molecule has 0 aromatic carbocycles. The summed E-state index contributed by atoms with van der Waals surface area (Å²) >= 11 is 0. The molecule has 0 fully saturated rings. The average Bonchev–Trinajstić information content (AvgIpc) is 2.22. The maximum absolute atomic E-state index is 10.8. The number of rotatable bonds is 6. The zero-order valence-corrected chi connectivity index (χ0v) is 12.2. The molecule has 0 aliphatic rings. The first-order valence-corrected chi connectivity index (χ1v) is 5.70. The molecule has 6 N–H and O–H groups in total. The molecule has 0 saturated heterocycles. The number of carbonyl (C=O) groups excluding carboxylic acids is 1. The molecule has 0 aromatic heterocycles. The molecule has 0 spiro atoms. The van der Waals surface area contributed by atoms with Crippen LogP contribution in [0.15, 0.2) is 0 Å². The molecule has 1 unspecified atom stereocenters. The normalized spacial score (nSPS) is 20.8. The van der Waals surface area contributed by atoms with Crippen LogP contribution in [0.25, 0.3) is 0 Å². The summed E-state index contributed by atoms with van der Waals surface area (Å²) < 4.78 is 13.5. The van der Waals surface area contributed by atoms with Crippen molar-refractivity contribution in [3.8, 4) is 0 Å². The number of aliphatic hydroxyl groups excluding tert-OH is 5. The van der Waals surface area contributed by atoms with Crippen LogP contribution >= 0.6 is 7.82 Å². The van der Waals surface area contributed by atoms with E-state index in [0.717, 1.165) is 0 Å². The summed E-state index contributed by atoms with van der Waals surface area (Å²) in [5.74, 6) is -1.94. The van der Waals surface area contributed by atoms with Crippen molar-refractivity contribution in [1.29, 1.82) is 0 Å². The Hall–Kier alpha value is 0.420. The Balaban J connectivity index is 0. The summed E-state index contributed by atoms with van der Waals surface area (Å²) in [5.41, 5.74) is 0. The maximum Gasteiger partial charge on any atom is 1.00 e. The molecule has 0 bridgehead atoms. The maximum atomic E-state index is 10.8. The molecule has 0 aliphatic carbocycles. The van der Waals surface area contributed by atoms with Crippen LogP contribution in [-0.4, -0.2) is 67.4 Å². The van der Waals surface area contributed by atoms with Gasteiger partial charge in [0.2, 0.25) is 0 Å². The summed E-state index contributed by atoms with van der Waals surface area (Å²) in [7, 11) is -5.44. The van der Waals surface area contributed by atoms with Crippen LogP contribution in [0.1, 0.15) is 0 Å². The van der Waals surface area contributed by atoms with Crippen LogP contribution in [0.2, 0.25) is 0 Å². The minimum absolute atomic E-state index is 0. The van der Waals surface area contributed by atoms with Crippen LogP contribution < -0.4 is 34.5 Å². The molecule has 0 aliphatic heterocycles. The first-order chi connectivity index (χ1) is 7.60. The second-order valence-corrected chi connectivity index (χ2v) is 4.17. The standard InChI is InChI=1S/C6H13O10P.Na/c7-1-2(8)3(9)4(10)5(11)6(12)16-17(13,14)15;/h2-5,7-11H,1H2,(H2,13,14,15);/q;+1/p-1/t2-,3-,4+,5-;/m1./s1. The first kappa shape index (κ1) is 20.7. The molecule has 102 valence electrons. The van der Waals surface area contributed by atoms with E-state index in [2.05, 4.69) is 4.52 Å². The van der Waals surface area contributed by atoms with Crippen molar-refractivity contribution in [1.82, 2.24) is 0 Å². The summed E-state index contributed by atoms with van der Waals surface area (Å²) in [6.07, 6.45) is -8.82. The van der Waals surface area contributed by atoms with Gasteiger partial charge in [0.15, 0.2) is 6.10 Å². The Morgan fingerprint density at radius 2 is 1.67 bits per heavy atom. The zero-order chi connectivity index (χ0) is 13.8. The Morgan fingerprint density at radius 1 is 1.22 bits per heavy atom. The van der Waals surface area contributed by atoms with Crippen LogP contribution in [0, 0.1) is 0 Å². The molecule has 0 rings (SSSR count). The molecule has 0 saturated carbocycles. The SMILES string of the molecule is O=C(OP(=O)([O-])O)[C@H](O)[C@@H](O)[C@H](O)[C@H](O)CO.[Na+]. The molecule has 0 amide bonds. The molecular weight excluding hydrogens is 286 g/mol. The van der Waals surface area contributed by atoms with E-state index in [1.54, 1.807) is 0 Å². The monoisotopic (exact) mass is 298 g/mol. The van der Waals surface area contributed by atoms with E-state index in [4.69, 9.17) is 30.4 Å². The smallest absolute Gasteiger partial charge is 0.746 e.